The van der Waals surface area contributed by atoms with Crippen molar-refractivity contribution < 1.29 is 10.2 Å². The molecule has 0 aliphatic carbocycles. The molecular formula is C11H16ClNO2. The first-order valence-corrected chi connectivity index (χ1v) is 5.41. The summed E-state index contributed by atoms with van der Waals surface area (Å²) in [6.07, 6.45) is 1.78. The maximum absolute atomic E-state index is 9.21. The Labute approximate surface area is 94.7 Å². The van der Waals surface area contributed by atoms with Crippen molar-refractivity contribution in [3.63, 3.8) is 0 Å². The quantitative estimate of drug-likeness (QED) is 0.654. The zero-order chi connectivity index (χ0) is 11.1. The third-order valence-electron chi connectivity index (χ3n) is 2.10. The Balaban J connectivity index is 2.28. The van der Waals surface area contributed by atoms with Gasteiger partial charge in [-0.05, 0) is 37.1 Å². The van der Waals surface area contributed by atoms with Crippen LogP contribution in [0.1, 0.15) is 18.4 Å². The number of aliphatic hydroxyl groups excluding tert-OH is 1. The fourth-order valence-electron chi connectivity index (χ4n) is 1.25. The number of phenolic OH excluding ortho intramolecular Hbond substituents is 1. The molecule has 0 aliphatic rings. The minimum absolute atomic E-state index is 0.112. The van der Waals surface area contributed by atoms with Crippen LogP contribution in [0, 0.1) is 0 Å². The Morgan fingerprint density at radius 1 is 1.27 bits per heavy atom. The molecule has 0 unspecified atom stereocenters. The van der Waals surface area contributed by atoms with Crippen LogP contribution in [-0.2, 0) is 6.54 Å². The molecule has 1 rings (SSSR count). The van der Waals surface area contributed by atoms with Crippen LogP contribution < -0.4 is 5.32 Å². The van der Waals surface area contributed by atoms with Gasteiger partial charge in [-0.25, -0.2) is 0 Å². The van der Waals surface area contributed by atoms with Crippen molar-refractivity contribution in [3.8, 4) is 5.75 Å². The standard InChI is InChI=1S/C11H16ClNO2/c12-10-7-9(3-4-11(10)15)8-13-5-1-2-6-14/h3-4,7,13-15H,1-2,5-6,8H2. The molecule has 0 fully saturated rings. The van der Waals surface area contributed by atoms with Gasteiger partial charge < -0.3 is 15.5 Å². The number of aromatic hydroxyl groups is 1. The first-order chi connectivity index (χ1) is 7.24. The number of halogens is 1. The van der Waals surface area contributed by atoms with Crippen LogP contribution in [0.5, 0.6) is 5.75 Å². The van der Waals surface area contributed by atoms with Crippen LogP contribution in [0.4, 0.5) is 0 Å². The highest BCUT2D eigenvalue weighted by Gasteiger charge is 1.99. The van der Waals surface area contributed by atoms with Crippen molar-refractivity contribution >= 4 is 11.6 Å². The molecule has 15 heavy (non-hydrogen) atoms. The van der Waals surface area contributed by atoms with E-state index in [1.165, 1.54) is 0 Å². The summed E-state index contributed by atoms with van der Waals surface area (Å²) in [6.45, 7) is 1.84. The summed E-state index contributed by atoms with van der Waals surface area (Å²) in [5.74, 6) is 0.112. The number of hydrogen-bond donors (Lipinski definition) is 3. The van der Waals surface area contributed by atoms with Gasteiger partial charge in [-0.3, -0.25) is 0 Å². The van der Waals surface area contributed by atoms with Gasteiger partial charge >= 0.3 is 0 Å². The van der Waals surface area contributed by atoms with Crippen molar-refractivity contribution in [3.05, 3.63) is 28.8 Å². The van der Waals surface area contributed by atoms with E-state index >= 15 is 0 Å². The van der Waals surface area contributed by atoms with Gasteiger partial charge in [0.2, 0.25) is 0 Å². The number of aliphatic hydroxyl groups is 1. The number of benzene rings is 1. The van der Waals surface area contributed by atoms with Crippen molar-refractivity contribution in [2.45, 2.75) is 19.4 Å². The molecule has 3 N–H and O–H groups in total. The number of hydrogen-bond acceptors (Lipinski definition) is 3. The van der Waals surface area contributed by atoms with Crippen molar-refractivity contribution in [2.24, 2.45) is 0 Å². The Morgan fingerprint density at radius 2 is 2.07 bits per heavy atom. The second kappa shape index (κ2) is 6.67. The number of rotatable bonds is 6. The van der Waals surface area contributed by atoms with Gasteiger partial charge in [0.1, 0.15) is 5.75 Å². The lowest BCUT2D eigenvalue weighted by Crippen LogP contribution is -2.14. The summed E-state index contributed by atoms with van der Waals surface area (Å²) in [5.41, 5.74) is 1.04. The monoisotopic (exact) mass is 229 g/mol. The molecule has 0 spiro atoms. The van der Waals surface area contributed by atoms with E-state index in [1.807, 2.05) is 6.07 Å². The molecule has 1 aromatic carbocycles. The predicted octanol–water partition coefficient (Wildman–Crippen LogP) is 1.91. The molecule has 0 heterocycles. The van der Waals surface area contributed by atoms with Crippen LogP contribution in [0.25, 0.3) is 0 Å². The van der Waals surface area contributed by atoms with Gasteiger partial charge in [0.15, 0.2) is 0 Å². The largest absolute Gasteiger partial charge is 0.506 e. The van der Waals surface area contributed by atoms with E-state index in [2.05, 4.69) is 5.32 Å². The molecule has 0 atom stereocenters. The van der Waals surface area contributed by atoms with E-state index in [9.17, 15) is 5.11 Å². The van der Waals surface area contributed by atoms with E-state index in [4.69, 9.17) is 16.7 Å². The Morgan fingerprint density at radius 3 is 2.73 bits per heavy atom. The number of unbranched alkanes of at least 4 members (excludes halogenated alkanes) is 1. The van der Waals surface area contributed by atoms with Crippen molar-refractivity contribution in [1.29, 1.82) is 0 Å². The molecular weight excluding hydrogens is 214 g/mol. The topological polar surface area (TPSA) is 52.5 Å². The van der Waals surface area contributed by atoms with Crippen LogP contribution in [0.15, 0.2) is 18.2 Å². The molecule has 0 bridgehead atoms. The maximum Gasteiger partial charge on any atom is 0.134 e. The Bertz CT molecular complexity index is 305. The Hall–Kier alpha value is -0.770. The molecule has 0 saturated carbocycles. The summed E-state index contributed by atoms with van der Waals surface area (Å²) >= 11 is 5.77. The van der Waals surface area contributed by atoms with E-state index in [0.717, 1.165) is 31.5 Å². The molecule has 84 valence electrons. The summed E-state index contributed by atoms with van der Waals surface area (Å²) < 4.78 is 0. The van der Waals surface area contributed by atoms with Gasteiger partial charge in [0.25, 0.3) is 0 Å². The van der Waals surface area contributed by atoms with E-state index < -0.39 is 0 Å². The fraction of sp³-hybridized carbons (Fsp3) is 0.455. The average molecular weight is 230 g/mol. The van der Waals surface area contributed by atoms with Crippen LogP contribution >= 0.6 is 11.6 Å². The number of nitrogens with one attached hydrogen (secondary N) is 1. The van der Waals surface area contributed by atoms with Crippen LogP contribution in [0.3, 0.4) is 0 Å². The smallest absolute Gasteiger partial charge is 0.134 e. The lowest BCUT2D eigenvalue weighted by Gasteiger charge is -2.05. The summed E-state index contributed by atoms with van der Waals surface area (Å²) in [4.78, 5) is 0. The van der Waals surface area contributed by atoms with Crippen molar-refractivity contribution in [2.75, 3.05) is 13.2 Å². The molecule has 3 nitrogen and oxygen atoms in total. The minimum Gasteiger partial charge on any atom is -0.506 e. The maximum atomic E-state index is 9.21. The zero-order valence-corrected chi connectivity index (χ0v) is 9.30. The highest BCUT2D eigenvalue weighted by atomic mass is 35.5. The summed E-state index contributed by atoms with van der Waals surface area (Å²) in [5, 5.41) is 21.4. The van der Waals surface area contributed by atoms with Crippen LogP contribution in [0.2, 0.25) is 5.02 Å². The van der Waals surface area contributed by atoms with E-state index in [1.54, 1.807) is 12.1 Å². The minimum atomic E-state index is 0.112. The van der Waals surface area contributed by atoms with Gasteiger partial charge in [-0.2, -0.15) is 0 Å². The first-order valence-electron chi connectivity index (χ1n) is 5.03. The fourth-order valence-corrected chi connectivity index (χ4v) is 1.46. The molecule has 0 amide bonds. The first kappa shape index (κ1) is 12.3. The third kappa shape index (κ3) is 4.51. The third-order valence-corrected chi connectivity index (χ3v) is 2.41. The lowest BCUT2D eigenvalue weighted by atomic mass is 10.2. The second-order valence-electron chi connectivity index (χ2n) is 3.39. The molecule has 1 aromatic rings. The normalized spacial score (nSPS) is 10.5. The molecule has 0 saturated heterocycles. The Kier molecular flexibility index (Phi) is 5.47. The zero-order valence-electron chi connectivity index (χ0n) is 8.54. The average Bonchev–Trinajstić information content (AvgIpc) is 2.23. The second-order valence-corrected chi connectivity index (χ2v) is 3.80. The van der Waals surface area contributed by atoms with Gasteiger partial charge in [-0.15, -0.1) is 0 Å². The molecule has 0 aromatic heterocycles. The van der Waals surface area contributed by atoms with Crippen molar-refractivity contribution in [1.82, 2.24) is 5.32 Å². The molecule has 4 heteroatoms. The predicted molar refractivity (Wildman–Crippen MR) is 61.1 cm³/mol. The van der Waals surface area contributed by atoms with E-state index in [0.29, 0.717) is 5.02 Å². The van der Waals surface area contributed by atoms with Crippen LogP contribution in [-0.4, -0.2) is 23.4 Å². The van der Waals surface area contributed by atoms with Gasteiger partial charge in [-0.1, -0.05) is 17.7 Å². The van der Waals surface area contributed by atoms with E-state index in [-0.39, 0.29) is 12.4 Å². The van der Waals surface area contributed by atoms with Gasteiger partial charge in [0, 0.05) is 13.2 Å². The highest BCUT2D eigenvalue weighted by molar-refractivity contribution is 6.32. The number of phenols is 1. The molecule has 0 aliphatic heterocycles. The lowest BCUT2D eigenvalue weighted by molar-refractivity contribution is 0.283. The SMILES string of the molecule is OCCCCNCc1ccc(O)c(Cl)c1. The summed E-state index contributed by atoms with van der Waals surface area (Å²) in [7, 11) is 0. The molecule has 0 radical (unpaired) electrons. The van der Waals surface area contributed by atoms with Gasteiger partial charge in [0.05, 0.1) is 5.02 Å². The highest BCUT2D eigenvalue weighted by Crippen LogP contribution is 2.23. The summed E-state index contributed by atoms with van der Waals surface area (Å²) in [6, 6.07) is 5.17.